The predicted molar refractivity (Wildman–Crippen MR) is 159 cm³/mol. The van der Waals surface area contributed by atoms with Gasteiger partial charge in [-0.2, -0.15) is 0 Å². The predicted octanol–water partition coefficient (Wildman–Crippen LogP) is 6.02. The van der Waals surface area contributed by atoms with E-state index in [4.69, 9.17) is 30.8 Å². The van der Waals surface area contributed by atoms with Gasteiger partial charge in [0.25, 0.3) is 0 Å². The van der Waals surface area contributed by atoms with Gasteiger partial charge in [-0.25, -0.2) is 14.8 Å². The molecule has 5 heterocycles. The summed E-state index contributed by atoms with van der Waals surface area (Å²) < 4.78 is 13.3. The Morgan fingerprint density at radius 3 is 2.68 bits per heavy atom. The molecule has 0 radical (unpaired) electrons. The first-order valence-electron chi connectivity index (χ1n) is 14.8. The zero-order valence-corrected chi connectivity index (χ0v) is 24.9. The highest BCUT2D eigenvalue weighted by atomic mass is 35.5. The van der Waals surface area contributed by atoms with E-state index in [-0.39, 0.29) is 18.0 Å². The first-order chi connectivity index (χ1) is 19.8. The Bertz CT molecular complexity index is 1590. The van der Waals surface area contributed by atoms with E-state index in [1.807, 2.05) is 19.1 Å². The maximum Gasteiger partial charge on any atom is 0.439 e. The molecule has 1 aliphatic carbocycles. The summed E-state index contributed by atoms with van der Waals surface area (Å²) in [5, 5.41) is 4.45. The smallest absolute Gasteiger partial charge is 0.375 e. The average molecular weight is 580 g/mol. The Kier molecular flexibility index (Phi) is 7.87. The Balaban J connectivity index is 1.60. The van der Waals surface area contributed by atoms with E-state index < -0.39 is 5.76 Å². The van der Waals surface area contributed by atoms with Gasteiger partial charge in [0.1, 0.15) is 5.69 Å². The number of aryl methyl sites for hydroxylation is 1. The molecule has 41 heavy (non-hydrogen) atoms. The number of fused-ring (bicyclic) bond motifs is 1. The Morgan fingerprint density at radius 2 is 1.95 bits per heavy atom. The van der Waals surface area contributed by atoms with E-state index in [1.165, 1.54) is 25.7 Å². The van der Waals surface area contributed by atoms with Crippen LogP contribution in [0.1, 0.15) is 65.0 Å². The molecule has 218 valence electrons. The van der Waals surface area contributed by atoms with Crippen LogP contribution in [0.25, 0.3) is 33.8 Å². The van der Waals surface area contributed by atoms with Crippen LogP contribution in [-0.4, -0.2) is 55.0 Å². The van der Waals surface area contributed by atoms with Gasteiger partial charge in [-0.15, -0.1) is 0 Å². The van der Waals surface area contributed by atoms with Gasteiger partial charge >= 0.3 is 5.76 Å². The lowest BCUT2D eigenvalue weighted by molar-refractivity contribution is 0.0203. The standard InChI is InChI=1S/C30H38ClN7O3/c1-5-6-25-19(4)40-12-11-37(25)29-34-23-14-24(28-35-30(39)41-36-28)33-26(22-13-21(31)15-32-18(22)3)27(23)38(29)16-20-9-7-17(2)8-10-20/h13-15,17,19-20,25H,5-12,16H2,1-4H3,(H,35,36,39)/t17?,19-,20?,25-/m0/s1. The average Bonchev–Trinajstić information content (AvgIpc) is 3.55. The second kappa shape index (κ2) is 11.6. The summed E-state index contributed by atoms with van der Waals surface area (Å²) in [6, 6.07) is 4.01. The molecule has 0 unspecified atom stereocenters. The van der Waals surface area contributed by atoms with Crippen molar-refractivity contribution >= 4 is 28.6 Å². The third-order valence-electron chi connectivity index (χ3n) is 8.77. The van der Waals surface area contributed by atoms with Gasteiger partial charge in [-0.3, -0.25) is 14.5 Å². The summed E-state index contributed by atoms with van der Waals surface area (Å²) in [6.45, 7) is 11.0. The summed E-state index contributed by atoms with van der Waals surface area (Å²) in [4.78, 5) is 31.8. The summed E-state index contributed by atoms with van der Waals surface area (Å²) >= 11 is 6.47. The lowest BCUT2D eigenvalue weighted by atomic mass is 9.83. The molecule has 11 heteroatoms. The van der Waals surface area contributed by atoms with Crippen LogP contribution in [0.5, 0.6) is 0 Å². The van der Waals surface area contributed by atoms with Gasteiger partial charge in [-0.05, 0) is 57.1 Å². The van der Waals surface area contributed by atoms with Gasteiger partial charge in [-0.1, -0.05) is 49.9 Å². The summed E-state index contributed by atoms with van der Waals surface area (Å²) in [6.07, 6.45) is 8.68. The van der Waals surface area contributed by atoms with Crippen molar-refractivity contribution in [3.63, 3.8) is 0 Å². The molecule has 10 nitrogen and oxygen atoms in total. The van der Waals surface area contributed by atoms with Crippen molar-refractivity contribution in [2.75, 3.05) is 18.1 Å². The summed E-state index contributed by atoms with van der Waals surface area (Å²) in [7, 11) is 0. The number of aromatic nitrogens is 6. The zero-order valence-electron chi connectivity index (χ0n) is 24.2. The SMILES string of the molecule is CCC[C@H]1[C@H](C)OCCN1c1nc2cc(-c3noc(=O)[nH]3)nc(-c3cc(Cl)cnc3C)c2n1CC1CCC(C)CC1. The van der Waals surface area contributed by atoms with Gasteiger partial charge in [0.2, 0.25) is 11.8 Å². The minimum Gasteiger partial charge on any atom is -0.375 e. The van der Waals surface area contributed by atoms with Crippen LogP contribution >= 0.6 is 11.6 Å². The maximum absolute atomic E-state index is 11.8. The van der Waals surface area contributed by atoms with E-state index in [0.29, 0.717) is 28.9 Å². The van der Waals surface area contributed by atoms with Crippen molar-refractivity contribution in [2.24, 2.45) is 11.8 Å². The summed E-state index contributed by atoms with van der Waals surface area (Å²) in [5.41, 5.74) is 4.53. The number of nitrogens with one attached hydrogen (secondary N) is 1. The molecule has 1 N–H and O–H groups in total. The van der Waals surface area contributed by atoms with Gasteiger partial charge in [0.05, 0.1) is 40.5 Å². The van der Waals surface area contributed by atoms with Crippen LogP contribution < -0.4 is 10.7 Å². The van der Waals surface area contributed by atoms with Gasteiger partial charge < -0.3 is 14.2 Å². The van der Waals surface area contributed by atoms with E-state index in [1.54, 1.807) is 6.20 Å². The number of ether oxygens (including phenoxy) is 1. The molecule has 0 spiro atoms. The molecule has 2 fully saturated rings. The van der Waals surface area contributed by atoms with Crippen molar-refractivity contribution in [1.29, 1.82) is 0 Å². The van der Waals surface area contributed by atoms with Crippen LogP contribution in [0.4, 0.5) is 5.95 Å². The van der Waals surface area contributed by atoms with E-state index in [0.717, 1.165) is 60.1 Å². The monoisotopic (exact) mass is 579 g/mol. The molecular weight excluding hydrogens is 542 g/mol. The minimum atomic E-state index is -0.633. The molecule has 2 atom stereocenters. The highest BCUT2D eigenvalue weighted by Gasteiger charge is 2.34. The molecule has 0 amide bonds. The van der Waals surface area contributed by atoms with Gasteiger partial charge in [0.15, 0.2) is 0 Å². The molecule has 4 aromatic heterocycles. The molecule has 4 aromatic rings. The van der Waals surface area contributed by atoms with E-state index in [9.17, 15) is 4.79 Å². The van der Waals surface area contributed by atoms with Crippen molar-refractivity contribution in [2.45, 2.75) is 84.9 Å². The number of aromatic amines is 1. The highest BCUT2D eigenvalue weighted by molar-refractivity contribution is 6.30. The number of halogens is 1. The maximum atomic E-state index is 11.8. The Morgan fingerprint density at radius 1 is 1.15 bits per heavy atom. The molecule has 1 saturated heterocycles. The number of nitrogens with zero attached hydrogens (tertiary/aromatic N) is 6. The normalized spacial score (nSPS) is 23.4. The first kappa shape index (κ1) is 27.9. The van der Waals surface area contributed by atoms with Crippen LogP contribution in [0.3, 0.4) is 0 Å². The second-order valence-corrected chi connectivity index (χ2v) is 12.2. The molecule has 0 aromatic carbocycles. The first-order valence-corrected chi connectivity index (χ1v) is 15.2. The van der Waals surface area contributed by atoms with Crippen molar-refractivity contribution in [3.8, 4) is 22.8 Å². The van der Waals surface area contributed by atoms with Crippen LogP contribution in [0.15, 0.2) is 27.6 Å². The number of H-pyrrole nitrogens is 1. The highest BCUT2D eigenvalue weighted by Crippen LogP contribution is 2.39. The number of anilines is 1. The van der Waals surface area contributed by atoms with Gasteiger partial charge in [0, 0.05) is 30.5 Å². The number of rotatable bonds is 7. The van der Waals surface area contributed by atoms with Crippen LogP contribution in [-0.2, 0) is 11.3 Å². The van der Waals surface area contributed by atoms with E-state index >= 15 is 0 Å². The number of hydrogen-bond acceptors (Lipinski definition) is 8. The lowest BCUT2D eigenvalue weighted by Gasteiger charge is -2.41. The number of pyridine rings is 2. The number of morpholine rings is 1. The lowest BCUT2D eigenvalue weighted by Crippen LogP contribution is -2.51. The topological polar surface area (TPSA) is 115 Å². The Hall–Kier alpha value is -3.24. The molecular formula is C30H38ClN7O3. The minimum absolute atomic E-state index is 0.0974. The number of hydrogen-bond donors (Lipinski definition) is 1. The molecule has 6 rings (SSSR count). The van der Waals surface area contributed by atoms with E-state index in [2.05, 4.69) is 45.4 Å². The van der Waals surface area contributed by atoms with Crippen molar-refractivity contribution in [3.05, 3.63) is 39.6 Å². The van der Waals surface area contributed by atoms with Crippen LogP contribution in [0, 0.1) is 18.8 Å². The molecule has 0 bridgehead atoms. The van der Waals surface area contributed by atoms with Crippen molar-refractivity contribution in [1.82, 2.24) is 29.7 Å². The van der Waals surface area contributed by atoms with Crippen LogP contribution in [0.2, 0.25) is 5.02 Å². The fraction of sp³-hybridized carbons (Fsp3) is 0.567. The molecule has 1 aliphatic heterocycles. The fourth-order valence-corrected chi connectivity index (χ4v) is 6.66. The largest absolute Gasteiger partial charge is 0.439 e. The third-order valence-corrected chi connectivity index (χ3v) is 8.98. The zero-order chi connectivity index (χ0) is 28.7. The second-order valence-electron chi connectivity index (χ2n) is 11.7. The fourth-order valence-electron chi connectivity index (χ4n) is 6.50. The Labute approximate surface area is 244 Å². The van der Waals surface area contributed by atoms with Crippen molar-refractivity contribution < 1.29 is 9.26 Å². The number of imidazole rings is 1. The third kappa shape index (κ3) is 5.51. The molecule has 2 aliphatic rings. The summed E-state index contributed by atoms with van der Waals surface area (Å²) in [5.74, 6) is 1.87. The quantitative estimate of drug-likeness (QED) is 0.283. The molecule has 1 saturated carbocycles.